The van der Waals surface area contributed by atoms with Gasteiger partial charge < -0.3 is 16.2 Å². The zero-order valence-electron chi connectivity index (χ0n) is 12.2. The van der Waals surface area contributed by atoms with Crippen LogP contribution in [0.5, 0.6) is 0 Å². The molecule has 1 fully saturated rings. The third kappa shape index (κ3) is 5.45. The van der Waals surface area contributed by atoms with Crippen molar-refractivity contribution in [2.75, 3.05) is 12.3 Å². The van der Waals surface area contributed by atoms with Gasteiger partial charge in [-0.1, -0.05) is 13.3 Å². The number of aliphatic carboxylic acids is 1. The van der Waals surface area contributed by atoms with Crippen LogP contribution in [0.1, 0.15) is 39.0 Å². The highest BCUT2D eigenvalue weighted by molar-refractivity contribution is 8.00. The maximum Gasteiger partial charge on any atom is 0.327 e. The topological polar surface area (TPSA) is 113 Å². The lowest BCUT2D eigenvalue weighted by Crippen LogP contribution is -2.50. The molecular formula is C13H23N3O4S. The molecule has 3 amide bonds. The third-order valence-corrected chi connectivity index (χ3v) is 4.63. The normalized spacial score (nSPS) is 21.3. The van der Waals surface area contributed by atoms with E-state index >= 15 is 0 Å². The van der Waals surface area contributed by atoms with Crippen LogP contribution in [0.4, 0.5) is 4.79 Å². The molecule has 0 aromatic heterocycles. The zero-order valence-corrected chi connectivity index (χ0v) is 13.0. The number of nitrogens with zero attached hydrogens (tertiary/aromatic N) is 1. The first-order chi connectivity index (χ1) is 9.97. The molecular weight excluding hydrogens is 294 g/mol. The van der Waals surface area contributed by atoms with Crippen molar-refractivity contribution in [1.29, 1.82) is 0 Å². The average molecular weight is 317 g/mol. The van der Waals surface area contributed by atoms with Crippen LogP contribution in [-0.2, 0) is 9.59 Å². The molecule has 0 bridgehead atoms. The minimum Gasteiger partial charge on any atom is -0.480 e. The molecule has 1 aliphatic rings. The number of carbonyl (C=O) groups excluding carboxylic acids is 2. The number of hydrogen-bond acceptors (Lipinski definition) is 4. The number of unbranched alkanes of at least 4 members (excludes halogenated alkanes) is 1. The fourth-order valence-electron chi connectivity index (χ4n) is 2.21. The van der Waals surface area contributed by atoms with Crippen molar-refractivity contribution in [3.63, 3.8) is 0 Å². The van der Waals surface area contributed by atoms with Crippen LogP contribution in [0.2, 0.25) is 0 Å². The highest BCUT2D eigenvalue weighted by atomic mass is 32.2. The van der Waals surface area contributed by atoms with Gasteiger partial charge in [-0.2, -0.15) is 0 Å². The van der Waals surface area contributed by atoms with E-state index in [1.165, 1.54) is 16.7 Å². The van der Waals surface area contributed by atoms with Gasteiger partial charge in [-0.3, -0.25) is 9.69 Å². The molecule has 1 aliphatic heterocycles. The van der Waals surface area contributed by atoms with Crippen LogP contribution in [0, 0.1) is 0 Å². The monoisotopic (exact) mass is 317 g/mol. The van der Waals surface area contributed by atoms with Crippen LogP contribution in [0.3, 0.4) is 0 Å². The molecule has 0 aromatic carbocycles. The molecule has 2 unspecified atom stereocenters. The van der Waals surface area contributed by atoms with Crippen molar-refractivity contribution in [1.82, 2.24) is 10.2 Å². The first-order valence-corrected chi connectivity index (χ1v) is 8.21. The lowest BCUT2D eigenvalue weighted by atomic mass is 10.2. The van der Waals surface area contributed by atoms with E-state index in [2.05, 4.69) is 5.32 Å². The second kappa shape index (κ2) is 8.76. The Morgan fingerprint density at radius 2 is 2.10 bits per heavy atom. The number of carbonyl (C=O) groups is 3. The van der Waals surface area contributed by atoms with Gasteiger partial charge in [0.15, 0.2) is 0 Å². The predicted molar refractivity (Wildman–Crippen MR) is 80.9 cm³/mol. The lowest BCUT2D eigenvalue weighted by Gasteiger charge is -2.27. The van der Waals surface area contributed by atoms with E-state index in [1.807, 2.05) is 6.92 Å². The van der Waals surface area contributed by atoms with E-state index < -0.39 is 12.0 Å². The van der Waals surface area contributed by atoms with E-state index in [-0.39, 0.29) is 17.3 Å². The van der Waals surface area contributed by atoms with Crippen LogP contribution in [-0.4, -0.2) is 51.6 Å². The van der Waals surface area contributed by atoms with Gasteiger partial charge in [-0.05, 0) is 19.3 Å². The van der Waals surface area contributed by atoms with Crippen molar-refractivity contribution >= 4 is 29.7 Å². The summed E-state index contributed by atoms with van der Waals surface area (Å²) in [6, 6.07) is -1.11. The van der Waals surface area contributed by atoms with Gasteiger partial charge in [0.1, 0.15) is 6.04 Å². The number of nitrogens with one attached hydrogen (secondary N) is 1. The van der Waals surface area contributed by atoms with Crippen molar-refractivity contribution in [2.24, 2.45) is 5.73 Å². The summed E-state index contributed by atoms with van der Waals surface area (Å²) < 4.78 is 0. The van der Waals surface area contributed by atoms with E-state index in [9.17, 15) is 19.5 Å². The summed E-state index contributed by atoms with van der Waals surface area (Å²) in [7, 11) is 0. The maximum absolute atomic E-state index is 12.2. The van der Waals surface area contributed by atoms with Crippen molar-refractivity contribution < 1.29 is 19.5 Å². The van der Waals surface area contributed by atoms with Crippen LogP contribution >= 0.6 is 11.8 Å². The van der Waals surface area contributed by atoms with E-state index in [0.717, 1.165) is 12.8 Å². The Balaban J connectivity index is 2.47. The molecule has 4 N–H and O–H groups in total. The Labute approximate surface area is 128 Å². The Kier molecular flexibility index (Phi) is 7.35. The average Bonchev–Trinajstić information content (AvgIpc) is 2.82. The SMILES string of the molecule is CCCC1SCC(C(=O)O)N1C(=O)NCCCCC(N)=O. The first kappa shape index (κ1) is 17.6. The molecule has 0 saturated carbocycles. The Morgan fingerprint density at radius 3 is 2.67 bits per heavy atom. The van der Waals surface area contributed by atoms with Crippen molar-refractivity contribution in [2.45, 2.75) is 50.4 Å². The van der Waals surface area contributed by atoms with Crippen LogP contribution < -0.4 is 11.1 Å². The van der Waals surface area contributed by atoms with E-state index in [4.69, 9.17) is 5.73 Å². The number of carboxylic acid groups (broad SMARTS) is 1. The zero-order chi connectivity index (χ0) is 15.8. The highest BCUT2D eigenvalue weighted by Crippen LogP contribution is 2.32. The minimum absolute atomic E-state index is 0.0817. The quantitative estimate of drug-likeness (QED) is 0.578. The third-order valence-electron chi connectivity index (χ3n) is 3.27. The number of carboxylic acids is 1. The maximum atomic E-state index is 12.2. The molecule has 0 aliphatic carbocycles. The van der Waals surface area contributed by atoms with Crippen molar-refractivity contribution in [3.05, 3.63) is 0 Å². The Hall–Kier alpha value is -1.44. The predicted octanol–water partition coefficient (Wildman–Crippen LogP) is 0.980. The van der Waals surface area contributed by atoms with Gasteiger partial charge in [0.2, 0.25) is 5.91 Å². The molecule has 8 heteroatoms. The molecule has 120 valence electrons. The molecule has 1 rings (SSSR count). The summed E-state index contributed by atoms with van der Waals surface area (Å²) in [4.78, 5) is 35.5. The molecule has 1 heterocycles. The van der Waals surface area contributed by atoms with E-state index in [1.54, 1.807) is 0 Å². The summed E-state index contributed by atoms with van der Waals surface area (Å²) in [6.07, 6.45) is 3.23. The second-order valence-corrected chi connectivity index (χ2v) is 6.20. The summed E-state index contributed by atoms with van der Waals surface area (Å²) in [5.41, 5.74) is 5.03. The van der Waals surface area contributed by atoms with Gasteiger partial charge >= 0.3 is 12.0 Å². The molecule has 2 atom stereocenters. The summed E-state index contributed by atoms with van der Waals surface area (Å²) >= 11 is 1.51. The molecule has 0 aromatic rings. The number of amides is 3. The minimum atomic E-state index is -0.968. The number of urea groups is 1. The number of rotatable bonds is 8. The van der Waals surface area contributed by atoms with Crippen molar-refractivity contribution in [3.8, 4) is 0 Å². The van der Waals surface area contributed by atoms with Gasteiger partial charge in [0.25, 0.3) is 0 Å². The van der Waals surface area contributed by atoms with E-state index in [0.29, 0.717) is 31.6 Å². The number of nitrogens with two attached hydrogens (primary N) is 1. The van der Waals surface area contributed by atoms with Gasteiger partial charge in [-0.25, -0.2) is 9.59 Å². The number of thioether (sulfide) groups is 1. The fraction of sp³-hybridized carbons (Fsp3) is 0.769. The van der Waals surface area contributed by atoms with Gasteiger partial charge in [0.05, 0.1) is 5.37 Å². The smallest absolute Gasteiger partial charge is 0.327 e. The summed E-state index contributed by atoms with van der Waals surface area (Å²) in [5.74, 6) is -0.897. The summed E-state index contributed by atoms with van der Waals surface area (Å²) in [6.45, 7) is 2.42. The molecule has 7 nitrogen and oxygen atoms in total. The second-order valence-electron chi connectivity index (χ2n) is 4.99. The first-order valence-electron chi connectivity index (χ1n) is 7.16. The molecule has 0 spiro atoms. The summed E-state index contributed by atoms with van der Waals surface area (Å²) in [5, 5.41) is 11.9. The van der Waals surface area contributed by atoms with Gasteiger partial charge in [0, 0.05) is 18.7 Å². The largest absolute Gasteiger partial charge is 0.480 e. The number of primary amides is 1. The fourth-order valence-corrected chi connectivity index (χ4v) is 3.72. The standard InChI is InChI=1S/C13H23N3O4S/c1-2-5-11-16(9(8-21-11)12(18)19)13(20)15-7-4-3-6-10(14)17/h9,11H,2-8H2,1H3,(H2,14,17)(H,15,20)(H,18,19). The molecule has 21 heavy (non-hydrogen) atoms. The van der Waals surface area contributed by atoms with Crippen LogP contribution in [0.25, 0.3) is 0 Å². The lowest BCUT2D eigenvalue weighted by molar-refractivity contribution is -0.141. The highest BCUT2D eigenvalue weighted by Gasteiger charge is 2.40. The van der Waals surface area contributed by atoms with Gasteiger partial charge in [-0.15, -0.1) is 11.8 Å². The Morgan fingerprint density at radius 1 is 1.38 bits per heavy atom. The Bertz CT molecular complexity index is 392. The molecule has 0 radical (unpaired) electrons. The number of hydrogen-bond donors (Lipinski definition) is 3. The molecule has 1 saturated heterocycles. The van der Waals surface area contributed by atoms with Crippen LogP contribution in [0.15, 0.2) is 0 Å².